The minimum absolute atomic E-state index is 0.0259. The summed E-state index contributed by atoms with van der Waals surface area (Å²) in [7, 11) is 0. The summed E-state index contributed by atoms with van der Waals surface area (Å²) in [6.45, 7) is 0.314. The summed E-state index contributed by atoms with van der Waals surface area (Å²) >= 11 is 0. The number of nitrogens with two attached hydrogens (primary N) is 1. The molecule has 6 heteroatoms. The van der Waals surface area contributed by atoms with Gasteiger partial charge in [-0.2, -0.15) is 5.26 Å². The highest BCUT2D eigenvalue weighted by molar-refractivity contribution is 5.79. The van der Waals surface area contributed by atoms with Crippen LogP contribution in [0.3, 0.4) is 0 Å². The smallest absolute Gasteiger partial charge is 0.251 e. The quantitative estimate of drug-likeness (QED) is 0.342. The normalized spacial score (nSPS) is 22.5. The van der Waals surface area contributed by atoms with Crippen LogP contribution in [0.25, 0.3) is 0 Å². The van der Waals surface area contributed by atoms with Gasteiger partial charge in [0.1, 0.15) is 0 Å². The number of alkyl halides is 2. The van der Waals surface area contributed by atoms with E-state index in [1.165, 1.54) is 11.1 Å². The SMILES string of the molecule is N#CN=C(N)N1CCC(F)(F)CC1. The second-order valence-electron chi connectivity index (χ2n) is 2.91. The first-order valence-electron chi connectivity index (χ1n) is 3.90. The Balaban J connectivity index is 2.51. The Morgan fingerprint density at radius 2 is 2.00 bits per heavy atom. The fourth-order valence-corrected chi connectivity index (χ4v) is 1.18. The number of nitriles is 1. The minimum Gasteiger partial charge on any atom is -0.369 e. The molecule has 0 bridgehead atoms. The van der Waals surface area contributed by atoms with E-state index in [0.717, 1.165) is 0 Å². The van der Waals surface area contributed by atoms with Crippen LogP contribution in [0.5, 0.6) is 0 Å². The molecule has 0 atom stereocenters. The second kappa shape index (κ2) is 3.56. The van der Waals surface area contributed by atoms with Crippen molar-refractivity contribution in [3.63, 3.8) is 0 Å². The summed E-state index contributed by atoms with van der Waals surface area (Å²) in [5.74, 6) is -2.57. The highest BCUT2D eigenvalue weighted by atomic mass is 19.3. The first kappa shape index (κ1) is 9.71. The van der Waals surface area contributed by atoms with Crippen LogP contribution in [0.4, 0.5) is 8.78 Å². The third-order valence-electron chi connectivity index (χ3n) is 1.98. The molecule has 0 unspecified atom stereocenters. The molecule has 0 spiro atoms. The molecule has 2 N–H and O–H groups in total. The van der Waals surface area contributed by atoms with Crippen molar-refractivity contribution >= 4 is 5.96 Å². The van der Waals surface area contributed by atoms with Gasteiger partial charge in [0.15, 0.2) is 0 Å². The Kier molecular flexibility index (Phi) is 2.66. The first-order chi connectivity index (χ1) is 6.05. The van der Waals surface area contributed by atoms with Gasteiger partial charge in [-0.15, -0.1) is 4.99 Å². The summed E-state index contributed by atoms with van der Waals surface area (Å²) in [5, 5.41) is 8.18. The number of nitrogens with zero attached hydrogens (tertiary/aromatic N) is 3. The molecule has 13 heavy (non-hydrogen) atoms. The van der Waals surface area contributed by atoms with Gasteiger partial charge in [-0.3, -0.25) is 0 Å². The number of guanidine groups is 1. The van der Waals surface area contributed by atoms with Crippen molar-refractivity contribution in [3.05, 3.63) is 0 Å². The lowest BCUT2D eigenvalue weighted by Gasteiger charge is -2.31. The molecule has 0 aromatic carbocycles. The van der Waals surface area contributed by atoms with E-state index >= 15 is 0 Å². The zero-order chi connectivity index (χ0) is 9.90. The summed E-state index contributed by atoms with van der Waals surface area (Å²) in [5.41, 5.74) is 5.36. The van der Waals surface area contributed by atoms with Crippen LogP contribution < -0.4 is 5.73 Å². The van der Waals surface area contributed by atoms with Crippen molar-refractivity contribution in [3.8, 4) is 6.19 Å². The average Bonchev–Trinajstić information content (AvgIpc) is 2.04. The lowest BCUT2D eigenvalue weighted by atomic mass is 10.1. The Bertz CT molecular complexity index is 246. The number of hydrogen-bond acceptors (Lipinski definition) is 2. The Morgan fingerprint density at radius 3 is 2.46 bits per heavy atom. The van der Waals surface area contributed by atoms with Gasteiger partial charge in [0.25, 0.3) is 5.92 Å². The van der Waals surface area contributed by atoms with E-state index < -0.39 is 5.92 Å². The van der Waals surface area contributed by atoms with Crippen LogP contribution in [0.15, 0.2) is 4.99 Å². The third-order valence-corrected chi connectivity index (χ3v) is 1.98. The minimum atomic E-state index is -2.59. The van der Waals surface area contributed by atoms with E-state index in [2.05, 4.69) is 4.99 Å². The van der Waals surface area contributed by atoms with E-state index in [0.29, 0.717) is 0 Å². The summed E-state index contributed by atoms with van der Waals surface area (Å²) < 4.78 is 25.3. The van der Waals surface area contributed by atoms with Crippen LogP contribution in [0.1, 0.15) is 12.8 Å². The molecule has 72 valence electrons. The highest BCUT2D eigenvalue weighted by Crippen LogP contribution is 2.27. The second-order valence-corrected chi connectivity index (χ2v) is 2.91. The summed E-state index contributed by atoms with van der Waals surface area (Å²) in [4.78, 5) is 4.76. The van der Waals surface area contributed by atoms with Crippen molar-refractivity contribution in [1.82, 2.24) is 4.90 Å². The number of piperidine rings is 1. The molecule has 0 aromatic rings. The average molecular weight is 188 g/mol. The molecule has 4 nitrogen and oxygen atoms in total. The number of aliphatic imine (C=N–C) groups is 1. The van der Waals surface area contributed by atoms with Crippen LogP contribution in [0, 0.1) is 11.5 Å². The molecule has 0 aliphatic carbocycles. The molecule has 0 saturated carbocycles. The van der Waals surface area contributed by atoms with Crippen molar-refractivity contribution in [1.29, 1.82) is 5.26 Å². The van der Waals surface area contributed by atoms with Crippen molar-refractivity contribution in [2.24, 2.45) is 10.7 Å². The third kappa shape index (κ3) is 2.54. The lowest BCUT2D eigenvalue weighted by molar-refractivity contribution is -0.0436. The molecule has 1 aliphatic heterocycles. The van der Waals surface area contributed by atoms with Gasteiger partial charge >= 0.3 is 0 Å². The Hall–Kier alpha value is -1.38. The summed E-state index contributed by atoms with van der Waals surface area (Å²) in [6.07, 6.45) is 1.06. The number of likely N-dealkylation sites (tertiary alicyclic amines) is 1. The maximum atomic E-state index is 12.7. The lowest BCUT2D eigenvalue weighted by Crippen LogP contribution is -2.45. The molecule has 0 aromatic heterocycles. The maximum absolute atomic E-state index is 12.7. The van der Waals surface area contributed by atoms with E-state index in [1.54, 1.807) is 0 Å². The molecular weight excluding hydrogens is 178 g/mol. The fraction of sp³-hybridized carbons (Fsp3) is 0.714. The van der Waals surface area contributed by atoms with Crippen LogP contribution in [-0.2, 0) is 0 Å². The van der Waals surface area contributed by atoms with E-state index in [9.17, 15) is 8.78 Å². The molecule has 1 saturated heterocycles. The van der Waals surface area contributed by atoms with Crippen LogP contribution >= 0.6 is 0 Å². The van der Waals surface area contributed by atoms with Crippen molar-refractivity contribution in [2.45, 2.75) is 18.8 Å². The molecule has 0 radical (unpaired) electrons. The van der Waals surface area contributed by atoms with Gasteiger partial charge in [0, 0.05) is 25.9 Å². The molecular formula is C7H10F2N4. The van der Waals surface area contributed by atoms with Crippen LogP contribution in [-0.4, -0.2) is 29.9 Å². The zero-order valence-electron chi connectivity index (χ0n) is 7.00. The molecule has 0 amide bonds. The topological polar surface area (TPSA) is 65.4 Å². The van der Waals surface area contributed by atoms with Crippen LogP contribution in [0.2, 0.25) is 0 Å². The van der Waals surface area contributed by atoms with Crippen molar-refractivity contribution in [2.75, 3.05) is 13.1 Å². The van der Waals surface area contributed by atoms with E-state index in [-0.39, 0.29) is 31.9 Å². The number of hydrogen-bond donors (Lipinski definition) is 1. The predicted octanol–water partition coefficient (Wildman–Crippen LogP) is 0.513. The first-order valence-corrected chi connectivity index (χ1v) is 3.90. The predicted molar refractivity (Wildman–Crippen MR) is 43.0 cm³/mol. The fourth-order valence-electron chi connectivity index (χ4n) is 1.18. The Labute approximate surface area is 74.6 Å². The number of rotatable bonds is 0. The van der Waals surface area contributed by atoms with Gasteiger partial charge in [0.2, 0.25) is 12.2 Å². The molecule has 1 aliphatic rings. The Morgan fingerprint density at radius 1 is 1.46 bits per heavy atom. The van der Waals surface area contributed by atoms with E-state index in [4.69, 9.17) is 11.0 Å². The monoisotopic (exact) mass is 188 g/mol. The largest absolute Gasteiger partial charge is 0.369 e. The van der Waals surface area contributed by atoms with Gasteiger partial charge < -0.3 is 10.6 Å². The van der Waals surface area contributed by atoms with Gasteiger partial charge in [0.05, 0.1) is 0 Å². The van der Waals surface area contributed by atoms with Gasteiger partial charge in [-0.05, 0) is 0 Å². The molecule has 1 heterocycles. The highest BCUT2D eigenvalue weighted by Gasteiger charge is 2.34. The molecule has 1 fully saturated rings. The maximum Gasteiger partial charge on any atom is 0.251 e. The summed E-state index contributed by atoms with van der Waals surface area (Å²) in [6, 6.07) is 0. The van der Waals surface area contributed by atoms with E-state index in [1.807, 2.05) is 0 Å². The van der Waals surface area contributed by atoms with Crippen molar-refractivity contribution < 1.29 is 8.78 Å². The van der Waals surface area contributed by atoms with Gasteiger partial charge in [-0.25, -0.2) is 8.78 Å². The zero-order valence-corrected chi connectivity index (χ0v) is 7.00. The standard InChI is InChI=1S/C7H10F2N4/c8-7(9)1-3-13(4-2-7)6(11)12-5-10/h1-4H2,(H2,11,12). The van der Waals surface area contributed by atoms with Gasteiger partial charge in [-0.1, -0.05) is 0 Å². The molecule has 1 rings (SSSR count). The number of halogens is 2.